The second-order valence-electron chi connectivity index (χ2n) is 12.9. The van der Waals surface area contributed by atoms with Crippen LogP contribution in [0.5, 0.6) is 0 Å². The first kappa shape index (κ1) is 34.3. The molecule has 10 nitrogen and oxygen atoms in total. The minimum atomic E-state index is -1.36. The van der Waals surface area contributed by atoms with E-state index < -0.39 is 47.7 Å². The number of likely N-dealkylation sites (tertiary alicyclic amines) is 1. The third-order valence-corrected chi connectivity index (χ3v) is 10.7. The van der Waals surface area contributed by atoms with Crippen molar-refractivity contribution < 1.29 is 33.8 Å². The lowest BCUT2D eigenvalue weighted by Crippen LogP contribution is -2.57. The molecule has 1 unspecified atom stereocenters. The number of esters is 1. The highest BCUT2D eigenvalue weighted by Crippen LogP contribution is 2.59. The third kappa shape index (κ3) is 6.18. The summed E-state index contributed by atoms with van der Waals surface area (Å²) < 4.78 is 13.5. The van der Waals surface area contributed by atoms with Crippen molar-refractivity contribution in [3.63, 3.8) is 0 Å². The maximum Gasteiger partial charge on any atom is 0.313 e. The molecule has 0 aliphatic carbocycles. The fourth-order valence-corrected chi connectivity index (χ4v) is 8.26. The maximum atomic E-state index is 14.7. The highest BCUT2D eigenvalue weighted by Gasteiger charge is 2.75. The van der Waals surface area contributed by atoms with Gasteiger partial charge in [0.25, 0.3) is 0 Å². The van der Waals surface area contributed by atoms with Gasteiger partial charge < -0.3 is 29.3 Å². The molecule has 250 valence electrons. The molecule has 0 aromatic heterocycles. The number of cyclic esters (lactones) is 1. The number of likely N-dealkylation sites (N-methyl/N-ethyl adjacent to an activating group) is 1. The normalized spacial score (nSPS) is 33.3. The van der Waals surface area contributed by atoms with Crippen LogP contribution in [0.1, 0.15) is 71.0 Å². The lowest BCUT2D eigenvalue weighted by molar-refractivity contribution is -0.164. The van der Waals surface area contributed by atoms with Crippen LogP contribution < -0.4 is 0 Å². The molecule has 3 amide bonds. The van der Waals surface area contributed by atoms with Gasteiger partial charge in [-0.05, 0) is 51.2 Å². The predicted octanol–water partition coefficient (Wildman–Crippen LogP) is 4.13. The molecule has 2 fully saturated rings. The van der Waals surface area contributed by atoms with Crippen molar-refractivity contribution >= 4 is 39.6 Å². The topological polar surface area (TPSA) is 117 Å². The van der Waals surface area contributed by atoms with E-state index in [1.54, 1.807) is 21.7 Å². The summed E-state index contributed by atoms with van der Waals surface area (Å²) in [6, 6.07) is 7.68. The Morgan fingerprint density at radius 2 is 1.80 bits per heavy atom. The van der Waals surface area contributed by atoms with Crippen molar-refractivity contribution in [3.05, 3.63) is 58.6 Å². The summed E-state index contributed by atoms with van der Waals surface area (Å²) in [5.74, 6) is -3.23. The number of ether oxygens (including phenoxy) is 2. The van der Waals surface area contributed by atoms with E-state index in [9.17, 15) is 24.3 Å². The number of carbonyl (C=O) groups is 4. The molecule has 1 aromatic carbocycles. The SMILES string of the molecule is CCCC(C)N1C/C=C\CCC(=O)N(C)[C@@H](C)[C@H](c2ccccc2)OC(=O)[C@H]2[C@@H]3O[C@@]4(C=C3Br)[C@@H]2C(=O)N(CCCCO)[C@@H]4C1=O. The number of nitrogens with zero attached hydrogens (tertiary/aromatic N) is 3. The average molecular weight is 701 g/mol. The van der Waals surface area contributed by atoms with Crippen LogP contribution in [0.25, 0.3) is 0 Å². The molecule has 8 atom stereocenters. The van der Waals surface area contributed by atoms with Gasteiger partial charge in [0.2, 0.25) is 17.7 Å². The van der Waals surface area contributed by atoms with Crippen LogP contribution in [0.2, 0.25) is 0 Å². The summed E-state index contributed by atoms with van der Waals surface area (Å²) >= 11 is 3.62. The van der Waals surface area contributed by atoms with E-state index in [0.29, 0.717) is 30.3 Å². The summed E-state index contributed by atoms with van der Waals surface area (Å²) in [6.45, 7) is 6.45. The van der Waals surface area contributed by atoms with Crippen molar-refractivity contribution in [2.24, 2.45) is 11.8 Å². The Bertz CT molecular complexity index is 1370. The molecule has 2 saturated heterocycles. The number of halogens is 1. The Balaban J connectivity index is 1.62. The number of fused-ring (bicyclic) bond motifs is 2. The highest BCUT2D eigenvalue weighted by atomic mass is 79.9. The van der Waals surface area contributed by atoms with Crippen LogP contribution in [0.3, 0.4) is 0 Å². The molecule has 1 aromatic rings. The number of hydrogen-bond acceptors (Lipinski definition) is 7. The molecule has 1 spiro atoms. The van der Waals surface area contributed by atoms with Gasteiger partial charge in [0.15, 0.2) is 0 Å². The van der Waals surface area contributed by atoms with E-state index in [0.717, 1.165) is 18.4 Å². The molecule has 4 aliphatic heterocycles. The van der Waals surface area contributed by atoms with E-state index in [1.165, 1.54) is 0 Å². The lowest BCUT2D eigenvalue weighted by Gasteiger charge is -2.38. The van der Waals surface area contributed by atoms with E-state index >= 15 is 0 Å². The van der Waals surface area contributed by atoms with Gasteiger partial charge in [-0.1, -0.05) is 71.8 Å². The summed E-state index contributed by atoms with van der Waals surface area (Å²) in [5.41, 5.74) is -0.630. The largest absolute Gasteiger partial charge is 0.455 e. The first-order chi connectivity index (χ1) is 22.1. The Hall–Kier alpha value is -3.02. The van der Waals surface area contributed by atoms with Gasteiger partial charge in [-0.25, -0.2) is 0 Å². The minimum absolute atomic E-state index is 0.0331. The molecule has 5 rings (SSSR count). The van der Waals surface area contributed by atoms with Crippen LogP contribution in [0, 0.1) is 11.8 Å². The number of unbranched alkanes of at least 4 members (excludes halogenated alkanes) is 1. The zero-order valence-electron chi connectivity index (χ0n) is 27.1. The second-order valence-corrected chi connectivity index (χ2v) is 13.9. The zero-order valence-corrected chi connectivity index (χ0v) is 28.7. The second kappa shape index (κ2) is 14.4. The van der Waals surface area contributed by atoms with Crippen molar-refractivity contribution in [3.8, 4) is 0 Å². The third-order valence-electron chi connectivity index (χ3n) is 10.1. The molecule has 4 heterocycles. The lowest BCUT2D eigenvalue weighted by atomic mass is 9.74. The minimum Gasteiger partial charge on any atom is -0.455 e. The fourth-order valence-electron chi connectivity index (χ4n) is 7.53. The summed E-state index contributed by atoms with van der Waals surface area (Å²) in [4.78, 5) is 61.8. The number of hydrogen-bond donors (Lipinski definition) is 1. The standard InChI is InChI=1S/C35H46BrN3O7/c1-5-14-22(2)38-18-11-7-10-17-26(41)37(4)23(3)29(24-15-8-6-9-16-24)45-34(44)27-28-32(42)39(19-12-13-20-40)31(33(38)43)35(28)21-25(36)30(27)46-35/h6-9,11,15-16,21-23,27-31,40H,5,10,12-14,17-20H2,1-4H3/b11-7-/t22?,23-,27+,28-,29+,30+,31+,35-/m0/s1. The number of allylic oxidation sites excluding steroid dienone is 1. The molecule has 0 radical (unpaired) electrons. The Morgan fingerprint density at radius 3 is 2.50 bits per heavy atom. The number of carbonyl (C=O) groups excluding carboxylic acids is 4. The molecule has 1 N–H and O–H groups in total. The summed E-state index contributed by atoms with van der Waals surface area (Å²) in [7, 11) is 1.71. The molecule has 4 aliphatic rings. The van der Waals surface area contributed by atoms with Gasteiger partial charge in [-0.3, -0.25) is 19.2 Å². The smallest absolute Gasteiger partial charge is 0.313 e. The van der Waals surface area contributed by atoms with Crippen molar-refractivity contribution in [2.75, 3.05) is 26.7 Å². The van der Waals surface area contributed by atoms with Crippen LogP contribution in [-0.2, 0) is 28.7 Å². The van der Waals surface area contributed by atoms with Crippen LogP contribution in [0.4, 0.5) is 0 Å². The van der Waals surface area contributed by atoms with Gasteiger partial charge in [-0.2, -0.15) is 0 Å². The summed E-state index contributed by atoms with van der Waals surface area (Å²) in [6.07, 6.45) is 7.42. The molecule has 0 saturated carbocycles. The Kier molecular flexibility index (Phi) is 10.7. The Labute approximate surface area is 279 Å². The monoisotopic (exact) mass is 699 g/mol. The van der Waals surface area contributed by atoms with Crippen molar-refractivity contribution in [2.45, 2.75) is 95.2 Å². The summed E-state index contributed by atoms with van der Waals surface area (Å²) in [5, 5.41) is 9.51. The van der Waals surface area contributed by atoms with Gasteiger partial charge in [0.05, 0.1) is 12.0 Å². The average Bonchev–Trinajstić information content (AvgIpc) is 3.63. The first-order valence-corrected chi connectivity index (χ1v) is 17.3. The number of aliphatic hydroxyl groups excluding tert-OH is 1. The zero-order chi connectivity index (χ0) is 33.2. The van der Waals surface area contributed by atoms with Crippen LogP contribution >= 0.6 is 15.9 Å². The quantitative estimate of drug-likeness (QED) is 0.247. The van der Waals surface area contributed by atoms with Crippen molar-refractivity contribution in [1.29, 1.82) is 0 Å². The van der Waals surface area contributed by atoms with Gasteiger partial charge in [0, 0.05) is 43.7 Å². The van der Waals surface area contributed by atoms with E-state index in [2.05, 4.69) is 22.9 Å². The van der Waals surface area contributed by atoms with Crippen LogP contribution in [-0.4, -0.2) is 100 Å². The molecule has 11 heteroatoms. The van der Waals surface area contributed by atoms with E-state index in [4.69, 9.17) is 9.47 Å². The predicted molar refractivity (Wildman–Crippen MR) is 175 cm³/mol. The maximum absolute atomic E-state index is 14.7. The van der Waals surface area contributed by atoms with E-state index in [-0.39, 0.29) is 43.3 Å². The number of aliphatic hydroxyl groups is 1. The van der Waals surface area contributed by atoms with Gasteiger partial charge in [-0.15, -0.1) is 0 Å². The molecule has 5 bridgehead atoms. The van der Waals surface area contributed by atoms with Crippen LogP contribution in [0.15, 0.2) is 53.0 Å². The highest BCUT2D eigenvalue weighted by molar-refractivity contribution is 9.11. The van der Waals surface area contributed by atoms with Crippen molar-refractivity contribution in [1.82, 2.24) is 14.7 Å². The first-order valence-electron chi connectivity index (χ1n) is 16.5. The number of rotatable bonds is 8. The Morgan fingerprint density at radius 1 is 1.07 bits per heavy atom. The fraction of sp³-hybridized carbons (Fsp3) is 0.600. The number of benzene rings is 1. The molecular formula is C35H46BrN3O7. The van der Waals surface area contributed by atoms with Gasteiger partial charge in [0.1, 0.15) is 29.8 Å². The number of amides is 3. The van der Waals surface area contributed by atoms with Gasteiger partial charge >= 0.3 is 5.97 Å². The van der Waals surface area contributed by atoms with E-state index in [1.807, 2.05) is 62.4 Å². The molecule has 46 heavy (non-hydrogen) atoms. The molecular weight excluding hydrogens is 654 g/mol.